The highest BCUT2D eigenvalue weighted by Gasteiger charge is 2.59. The van der Waals surface area contributed by atoms with Crippen LogP contribution in [-0.2, 0) is 23.9 Å². The van der Waals surface area contributed by atoms with Crippen molar-refractivity contribution in [3.05, 3.63) is 23.5 Å². The molecule has 0 aromatic carbocycles. The van der Waals surface area contributed by atoms with Crippen LogP contribution in [-0.4, -0.2) is 30.7 Å². The van der Waals surface area contributed by atoms with E-state index < -0.39 is 23.4 Å². The lowest BCUT2D eigenvalue weighted by molar-refractivity contribution is -0.162. The Morgan fingerprint density at radius 2 is 1.90 bits per heavy atom. The minimum Gasteiger partial charge on any atom is -0.493 e. The van der Waals surface area contributed by atoms with Gasteiger partial charge in [-0.2, -0.15) is 0 Å². The van der Waals surface area contributed by atoms with Gasteiger partial charge in [-0.1, -0.05) is 13.0 Å². The van der Waals surface area contributed by atoms with Crippen molar-refractivity contribution in [1.82, 2.24) is 0 Å². The molecule has 5 nitrogen and oxygen atoms in total. The Balaban J connectivity index is 2.60. The third-order valence-electron chi connectivity index (χ3n) is 4.53. The van der Waals surface area contributed by atoms with Crippen molar-refractivity contribution in [2.45, 2.75) is 33.8 Å². The van der Waals surface area contributed by atoms with Gasteiger partial charge < -0.3 is 9.47 Å². The van der Waals surface area contributed by atoms with Gasteiger partial charge in [0.15, 0.2) is 11.5 Å². The molecule has 4 atom stereocenters. The average molecular weight is 292 g/mol. The maximum absolute atomic E-state index is 12.8. The first-order valence-electron chi connectivity index (χ1n) is 6.94. The summed E-state index contributed by atoms with van der Waals surface area (Å²) in [5.41, 5.74) is -0.788. The van der Waals surface area contributed by atoms with E-state index in [2.05, 4.69) is 0 Å². The number of methoxy groups -OCH3 is 1. The van der Waals surface area contributed by atoms with E-state index >= 15 is 0 Å². The van der Waals surface area contributed by atoms with Gasteiger partial charge in [-0.3, -0.25) is 14.4 Å². The predicted molar refractivity (Wildman–Crippen MR) is 75.2 cm³/mol. The van der Waals surface area contributed by atoms with Gasteiger partial charge in [-0.15, -0.1) is 0 Å². The topological polar surface area (TPSA) is 69.7 Å². The summed E-state index contributed by atoms with van der Waals surface area (Å²) in [6.45, 7) is 6.45. The number of fused-ring (bicyclic) bond motifs is 1. The van der Waals surface area contributed by atoms with Crippen LogP contribution in [0, 0.1) is 17.3 Å². The lowest BCUT2D eigenvalue weighted by atomic mass is 9.57. The highest BCUT2D eigenvalue weighted by molar-refractivity contribution is 6.15. The Morgan fingerprint density at radius 3 is 2.43 bits per heavy atom. The number of Topliss-reactive ketones (excluding diaryl/α,β-unsaturated/α-hetero) is 2. The molecule has 2 aliphatic rings. The Hall–Kier alpha value is -1.91. The molecule has 0 heterocycles. The van der Waals surface area contributed by atoms with Gasteiger partial charge >= 0.3 is 5.97 Å². The molecule has 2 aliphatic carbocycles. The lowest BCUT2D eigenvalue weighted by Gasteiger charge is -2.47. The van der Waals surface area contributed by atoms with Crippen LogP contribution in [0.2, 0.25) is 0 Å². The van der Waals surface area contributed by atoms with Crippen molar-refractivity contribution < 1.29 is 23.9 Å². The van der Waals surface area contributed by atoms with E-state index in [4.69, 9.17) is 9.47 Å². The monoisotopic (exact) mass is 292 g/mol. The smallest absolute Gasteiger partial charge is 0.303 e. The Labute approximate surface area is 124 Å². The molecule has 114 valence electrons. The van der Waals surface area contributed by atoms with Crippen LogP contribution in [0.4, 0.5) is 0 Å². The van der Waals surface area contributed by atoms with Crippen LogP contribution < -0.4 is 0 Å². The molecule has 2 rings (SSSR count). The minimum atomic E-state index is -1.08. The van der Waals surface area contributed by atoms with Crippen LogP contribution >= 0.6 is 0 Å². The number of rotatable bonds is 2. The number of hydrogen-bond acceptors (Lipinski definition) is 5. The van der Waals surface area contributed by atoms with Crippen LogP contribution in [0.1, 0.15) is 27.7 Å². The van der Waals surface area contributed by atoms with Gasteiger partial charge in [0.1, 0.15) is 6.10 Å². The quantitative estimate of drug-likeness (QED) is 0.573. The van der Waals surface area contributed by atoms with Crippen LogP contribution in [0.5, 0.6) is 0 Å². The third-order valence-corrected chi connectivity index (χ3v) is 4.53. The van der Waals surface area contributed by atoms with Crippen molar-refractivity contribution in [1.29, 1.82) is 0 Å². The van der Waals surface area contributed by atoms with Crippen molar-refractivity contribution >= 4 is 17.5 Å². The molecule has 0 aromatic rings. The standard InChI is InChI=1S/C16H20O5/c1-8-6-7-11(21-10(3)17)16(4)12(8)13(18)14(20-5)9(2)15(16)19/h6-8,11-12H,1-5H3/t8-,11+,12-,16+/m1/s1. The van der Waals surface area contributed by atoms with Crippen molar-refractivity contribution in [2.24, 2.45) is 17.3 Å². The van der Waals surface area contributed by atoms with Gasteiger partial charge in [0.25, 0.3) is 0 Å². The highest BCUT2D eigenvalue weighted by Crippen LogP contribution is 2.49. The van der Waals surface area contributed by atoms with Gasteiger partial charge in [-0.05, 0) is 25.8 Å². The summed E-state index contributed by atoms with van der Waals surface area (Å²) in [5, 5.41) is 0. The van der Waals surface area contributed by atoms with E-state index in [1.165, 1.54) is 14.0 Å². The number of ketones is 2. The molecular formula is C16H20O5. The Morgan fingerprint density at radius 1 is 1.29 bits per heavy atom. The molecule has 0 fully saturated rings. The summed E-state index contributed by atoms with van der Waals surface area (Å²) in [6.07, 6.45) is 2.79. The molecule has 5 heteroatoms. The fourth-order valence-electron chi connectivity index (χ4n) is 3.52. The largest absolute Gasteiger partial charge is 0.493 e. The molecule has 0 saturated carbocycles. The highest BCUT2D eigenvalue weighted by atomic mass is 16.5. The van der Waals surface area contributed by atoms with Gasteiger partial charge in [0.2, 0.25) is 5.78 Å². The van der Waals surface area contributed by atoms with Gasteiger partial charge in [-0.25, -0.2) is 0 Å². The van der Waals surface area contributed by atoms with Gasteiger partial charge in [0, 0.05) is 18.4 Å². The van der Waals surface area contributed by atoms with E-state index in [1.807, 2.05) is 13.0 Å². The van der Waals surface area contributed by atoms with E-state index in [-0.39, 0.29) is 23.2 Å². The molecule has 0 bridgehead atoms. The van der Waals surface area contributed by atoms with Crippen molar-refractivity contribution in [2.75, 3.05) is 7.11 Å². The lowest BCUT2D eigenvalue weighted by Crippen LogP contribution is -2.56. The van der Waals surface area contributed by atoms with Crippen LogP contribution in [0.15, 0.2) is 23.5 Å². The van der Waals surface area contributed by atoms with Crippen molar-refractivity contribution in [3.63, 3.8) is 0 Å². The van der Waals surface area contributed by atoms with E-state index in [1.54, 1.807) is 19.9 Å². The Bertz CT molecular complexity index is 571. The Kier molecular flexibility index (Phi) is 3.78. The summed E-state index contributed by atoms with van der Waals surface area (Å²) in [6, 6.07) is 0. The first-order chi connectivity index (χ1) is 9.75. The zero-order valence-electron chi connectivity index (χ0n) is 12.9. The van der Waals surface area contributed by atoms with Crippen molar-refractivity contribution in [3.8, 4) is 0 Å². The normalized spacial score (nSPS) is 35.6. The summed E-state index contributed by atoms with van der Waals surface area (Å²) in [5.74, 6) is -1.48. The average Bonchev–Trinajstić information content (AvgIpc) is 2.40. The number of ether oxygens (including phenoxy) is 2. The maximum Gasteiger partial charge on any atom is 0.303 e. The van der Waals surface area contributed by atoms with Crippen LogP contribution in [0.25, 0.3) is 0 Å². The van der Waals surface area contributed by atoms with Crippen LogP contribution in [0.3, 0.4) is 0 Å². The molecule has 0 unspecified atom stereocenters. The van der Waals surface area contributed by atoms with E-state index in [0.29, 0.717) is 5.57 Å². The predicted octanol–water partition coefficient (Wildman–Crippen LogP) is 1.82. The second-order valence-electron chi connectivity index (χ2n) is 5.89. The molecule has 0 amide bonds. The summed E-state index contributed by atoms with van der Waals surface area (Å²) < 4.78 is 10.4. The summed E-state index contributed by atoms with van der Waals surface area (Å²) in [4.78, 5) is 36.8. The molecule has 0 saturated heterocycles. The third kappa shape index (κ3) is 2.11. The first-order valence-corrected chi connectivity index (χ1v) is 6.94. The first kappa shape index (κ1) is 15.5. The SMILES string of the molecule is COC1=C(C)C(=O)[C@@]2(C)[C@@H](OC(C)=O)C=C[C@@H](C)[C@@H]2C1=O. The van der Waals surface area contributed by atoms with Gasteiger partial charge in [0.05, 0.1) is 12.5 Å². The van der Waals surface area contributed by atoms with E-state index in [0.717, 1.165) is 0 Å². The minimum absolute atomic E-state index is 0.117. The molecule has 0 spiro atoms. The molecule has 0 aliphatic heterocycles. The fraction of sp³-hybridized carbons (Fsp3) is 0.562. The zero-order chi connectivity index (χ0) is 15.9. The zero-order valence-corrected chi connectivity index (χ0v) is 12.9. The summed E-state index contributed by atoms with van der Waals surface area (Å²) >= 11 is 0. The molecule has 0 radical (unpaired) electrons. The number of hydrogen-bond donors (Lipinski definition) is 0. The fourth-order valence-corrected chi connectivity index (χ4v) is 3.52. The number of carbonyl (C=O) groups excluding carboxylic acids is 3. The number of esters is 1. The maximum atomic E-state index is 12.8. The second kappa shape index (κ2) is 5.13. The molecule has 0 aromatic heterocycles. The second-order valence-corrected chi connectivity index (χ2v) is 5.89. The summed E-state index contributed by atoms with van der Waals surface area (Å²) in [7, 11) is 1.39. The number of allylic oxidation sites excluding steroid dienone is 3. The number of carbonyl (C=O) groups is 3. The van der Waals surface area contributed by atoms with E-state index in [9.17, 15) is 14.4 Å². The molecule has 0 N–H and O–H groups in total. The molecule has 21 heavy (non-hydrogen) atoms. The molecular weight excluding hydrogens is 272 g/mol.